The van der Waals surface area contributed by atoms with Crippen molar-refractivity contribution in [2.75, 3.05) is 13.7 Å². The van der Waals surface area contributed by atoms with Crippen LogP contribution in [0.25, 0.3) is 0 Å². The first-order valence-corrected chi connectivity index (χ1v) is 9.03. The van der Waals surface area contributed by atoms with Gasteiger partial charge in [-0.1, -0.05) is 62.9 Å². The smallest absolute Gasteiger partial charge is 0.310 e. The molecule has 1 aromatic carbocycles. The van der Waals surface area contributed by atoms with E-state index in [2.05, 4.69) is 0 Å². The number of hydrogen-bond acceptors (Lipinski definition) is 3. The number of benzene rings is 1. The van der Waals surface area contributed by atoms with Crippen molar-refractivity contribution in [1.82, 2.24) is 4.90 Å². The summed E-state index contributed by atoms with van der Waals surface area (Å²) < 4.78 is 4.85. The summed E-state index contributed by atoms with van der Waals surface area (Å²) >= 11 is 0. The molecule has 0 aliphatic heterocycles. The monoisotopic (exact) mass is 331 g/mol. The standard InChI is InChI=1S/C20H29NO3/c1-16(20(23)24-2)15-21(18-12-8-3-4-9-13-18)19(22)14-17-10-6-5-7-11-17/h5-7,10-11,16,18H,3-4,8-9,12-15H2,1-2H3. The summed E-state index contributed by atoms with van der Waals surface area (Å²) in [4.78, 5) is 26.7. The molecule has 1 saturated carbocycles. The van der Waals surface area contributed by atoms with Crippen LogP contribution in [0.15, 0.2) is 30.3 Å². The maximum Gasteiger partial charge on any atom is 0.310 e. The van der Waals surface area contributed by atoms with Gasteiger partial charge in [0.1, 0.15) is 0 Å². The van der Waals surface area contributed by atoms with E-state index in [1.165, 1.54) is 20.0 Å². The summed E-state index contributed by atoms with van der Waals surface area (Å²) in [6.45, 7) is 2.29. The molecule has 1 amide bonds. The SMILES string of the molecule is COC(=O)C(C)CN(C(=O)Cc1ccccc1)C1CCCCCC1. The van der Waals surface area contributed by atoms with Gasteiger partial charge in [-0.15, -0.1) is 0 Å². The summed E-state index contributed by atoms with van der Waals surface area (Å²) in [5.41, 5.74) is 1.02. The van der Waals surface area contributed by atoms with Crippen LogP contribution in [0.4, 0.5) is 0 Å². The molecule has 24 heavy (non-hydrogen) atoms. The van der Waals surface area contributed by atoms with Gasteiger partial charge in [-0.3, -0.25) is 9.59 Å². The molecule has 1 unspecified atom stereocenters. The van der Waals surface area contributed by atoms with Crippen molar-refractivity contribution in [3.63, 3.8) is 0 Å². The van der Waals surface area contributed by atoms with Gasteiger partial charge in [0.25, 0.3) is 0 Å². The van der Waals surface area contributed by atoms with E-state index in [1.807, 2.05) is 42.2 Å². The molecule has 4 nitrogen and oxygen atoms in total. The predicted octanol–water partition coefficient (Wildman–Crippen LogP) is 3.59. The van der Waals surface area contributed by atoms with E-state index < -0.39 is 0 Å². The molecule has 132 valence electrons. The maximum absolute atomic E-state index is 12.9. The number of carbonyl (C=O) groups excluding carboxylic acids is 2. The van der Waals surface area contributed by atoms with Gasteiger partial charge in [-0.2, -0.15) is 0 Å². The topological polar surface area (TPSA) is 46.6 Å². The van der Waals surface area contributed by atoms with Gasteiger partial charge in [-0.25, -0.2) is 0 Å². The fourth-order valence-corrected chi connectivity index (χ4v) is 3.47. The molecular formula is C20H29NO3. The zero-order valence-electron chi connectivity index (χ0n) is 14.9. The fraction of sp³-hybridized carbons (Fsp3) is 0.600. The van der Waals surface area contributed by atoms with Crippen LogP contribution in [-0.4, -0.2) is 36.5 Å². The van der Waals surface area contributed by atoms with Gasteiger partial charge < -0.3 is 9.64 Å². The van der Waals surface area contributed by atoms with Gasteiger partial charge >= 0.3 is 5.97 Å². The minimum absolute atomic E-state index is 0.115. The first-order valence-electron chi connectivity index (χ1n) is 9.03. The van der Waals surface area contributed by atoms with Crippen molar-refractivity contribution in [3.8, 4) is 0 Å². The van der Waals surface area contributed by atoms with Crippen LogP contribution in [0.3, 0.4) is 0 Å². The molecule has 0 spiro atoms. The first-order chi connectivity index (χ1) is 11.6. The van der Waals surface area contributed by atoms with Crippen molar-refractivity contribution in [2.45, 2.75) is 57.9 Å². The first kappa shape index (κ1) is 18.5. The van der Waals surface area contributed by atoms with Crippen LogP contribution in [0.2, 0.25) is 0 Å². The van der Waals surface area contributed by atoms with Crippen molar-refractivity contribution < 1.29 is 14.3 Å². The minimum Gasteiger partial charge on any atom is -0.469 e. The Labute approximate surface area is 145 Å². The van der Waals surface area contributed by atoms with Crippen LogP contribution in [0.5, 0.6) is 0 Å². The highest BCUT2D eigenvalue weighted by Crippen LogP contribution is 2.24. The highest BCUT2D eigenvalue weighted by molar-refractivity contribution is 5.80. The molecule has 1 atom stereocenters. The largest absolute Gasteiger partial charge is 0.469 e. The molecule has 0 saturated heterocycles. The van der Waals surface area contributed by atoms with Gasteiger partial charge in [0.2, 0.25) is 5.91 Å². The third-order valence-electron chi connectivity index (χ3n) is 4.86. The van der Waals surface area contributed by atoms with E-state index in [0.29, 0.717) is 13.0 Å². The van der Waals surface area contributed by atoms with Crippen molar-refractivity contribution in [1.29, 1.82) is 0 Å². The molecule has 0 aromatic heterocycles. The Morgan fingerprint density at radius 1 is 1.12 bits per heavy atom. The molecule has 1 aliphatic rings. The van der Waals surface area contributed by atoms with E-state index in [9.17, 15) is 9.59 Å². The van der Waals surface area contributed by atoms with Crippen LogP contribution in [0.1, 0.15) is 51.0 Å². The van der Waals surface area contributed by atoms with Crippen LogP contribution in [-0.2, 0) is 20.7 Å². The molecule has 0 radical (unpaired) electrons. The third kappa shape index (κ3) is 5.36. The van der Waals surface area contributed by atoms with Crippen molar-refractivity contribution in [3.05, 3.63) is 35.9 Å². The summed E-state index contributed by atoms with van der Waals surface area (Å²) in [6.07, 6.45) is 7.26. The van der Waals surface area contributed by atoms with E-state index in [0.717, 1.165) is 31.2 Å². The van der Waals surface area contributed by atoms with Crippen LogP contribution >= 0.6 is 0 Å². The van der Waals surface area contributed by atoms with Crippen molar-refractivity contribution >= 4 is 11.9 Å². The highest BCUT2D eigenvalue weighted by atomic mass is 16.5. The molecule has 1 aliphatic carbocycles. The Hall–Kier alpha value is -1.84. The number of carbonyl (C=O) groups is 2. The van der Waals surface area contributed by atoms with Gasteiger partial charge in [0.15, 0.2) is 0 Å². The van der Waals surface area contributed by atoms with Crippen LogP contribution < -0.4 is 0 Å². The number of hydrogen-bond donors (Lipinski definition) is 0. The molecular weight excluding hydrogens is 302 g/mol. The average Bonchev–Trinajstić information content (AvgIpc) is 2.88. The van der Waals surface area contributed by atoms with E-state index in [-0.39, 0.29) is 23.8 Å². The Morgan fingerprint density at radius 2 is 1.75 bits per heavy atom. The zero-order valence-corrected chi connectivity index (χ0v) is 14.9. The number of amides is 1. The highest BCUT2D eigenvalue weighted by Gasteiger charge is 2.28. The van der Waals surface area contributed by atoms with E-state index in [4.69, 9.17) is 4.74 Å². The second-order valence-electron chi connectivity index (χ2n) is 6.78. The normalized spacial score (nSPS) is 16.9. The number of methoxy groups -OCH3 is 1. The summed E-state index contributed by atoms with van der Waals surface area (Å²) in [5.74, 6) is -0.428. The van der Waals surface area contributed by atoms with Gasteiger partial charge in [0.05, 0.1) is 19.4 Å². The minimum atomic E-state index is -0.294. The lowest BCUT2D eigenvalue weighted by Crippen LogP contribution is -2.44. The lowest BCUT2D eigenvalue weighted by Gasteiger charge is -2.33. The molecule has 4 heteroatoms. The zero-order chi connectivity index (χ0) is 17.4. The van der Waals surface area contributed by atoms with Gasteiger partial charge in [-0.05, 0) is 18.4 Å². The lowest BCUT2D eigenvalue weighted by molar-refractivity contribution is -0.147. The van der Waals surface area contributed by atoms with Gasteiger partial charge in [0, 0.05) is 12.6 Å². The van der Waals surface area contributed by atoms with E-state index in [1.54, 1.807) is 0 Å². The Morgan fingerprint density at radius 3 is 2.33 bits per heavy atom. The number of nitrogens with zero attached hydrogens (tertiary/aromatic N) is 1. The average molecular weight is 331 g/mol. The predicted molar refractivity (Wildman–Crippen MR) is 94.5 cm³/mol. The molecule has 1 aromatic rings. The van der Waals surface area contributed by atoms with Crippen molar-refractivity contribution in [2.24, 2.45) is 5.92 Å². The maximum atomic E-state index is 12.9. The number of ether oxygens (including phenoxy) is 1. The number of esters is 1. The molecule has 1 fully saturated rings. The molecule has 0 heterocycles. The molecule has 2 rings (SSSR count). The second-order valence-corrected chi connectivity index (χ2v) is 6.78. The fourth-order valence-electron chi connectivity index (χ4n) is 3.47. The molecule has 0 bridgehead atoms. The third-order valence-corrected chi connectivity index (χ3v) is 4.86. The Kier molecular flexibility index (Phi) is 7.29. The Bertz CT molecular complexity index is 521. The van der Waals surface area contributed by atoms with Crippen LogP contribution in [0, 0.1) is 5.92 Å². The number of rotatable bonds is 6. The quantitative estimate of drug-likeness (QED) is 0.591. The Balaban J connectivity index is 2.10. The summed E-state index contributed by atoms with van der Waals surface area (Å²) in [7, 11) is 1.40. The lowest BCUT2D eigenvalue weighted by atomic mass is 10.0. The molecule has 0 N–H and O–H groups in total. The second kappa shape index (κ2) is 9.45. The summed E-state index contributed by atoms with van der Waals surface area (Å²) in [6, 6.07) is 10.1. The van der Waals surface area contributed by atoms with E-state index >= 15 is 0 Å². The summed E-state index contributed by atoms with van der Waals surface area (Å²) in [5, 5.41) is 0.